The van der Waals surface area contributed by atoms with Crippen LogP contribution in [0.4, 0.5) is 21.9 Å². The predicted octanol–water partition coefficient (Wildman–Crippen LogP) is 2.77. The van der Waals surface area contributed by atoms with Gasteiger partial charge in [0.1, 0.15) is 0 Å². The number of anilines is 3. The third-order valence-corrected chi connectivity index (χ3v) is 3.31. The van der Waals surface area contributed by atoms with E-state index in [0.717, 1.165) is 0 Å². The van der Waals surface area contributed by atoms with Gasteiger partial charge >= 0.3 is 6.03 Å². The first-order valence-electron chi connectivity index (χ1n) is 5.98. The summed E-state index contributed by atoms with van der Waals surface area (Å²) in [5.74, 6) is -0.314. The third-order valence-electron chi connectivity index (χ3n) is 2.62. The highest BCUT2D eigenvalue weighted by Gasteiger charge is 2.11. The van der Waals surface area contributed by atoms with Crippen molar-refractivity contribution in [1.82, 2.24) is 0 Å². The molecule has 0 bridgehead atoms. The summed E-state index contributed by atoms with van der Waals surface area (Å²) in [4.78, 5) is 23.0. The Balaban J connectivity index is 2.19. The van der Waals surface area contributed by atoms with Gasteiger partial charge in [0.05, 0.1) is 5.56 Å². The van der Waals surface area contributed by atoms with Crippen molar-refractivity contribution in [2.75, 3.05) is 16.4 Å². The van der Waals surface area contributed by atoms with Crippen molar-refractivity contribution < 1.29 is 9.59 Å². The quantitative estimate of drug-likeness (QED) is 0.640. The van der Waals surface area contributed by atoms with E-state index in [9.17, 15) is 9.59 Å². The Morgan fingerprint density at radius 1 is 1.00 bits per heavy atom. The number of amides is 3. The maximum atomic E-state index is 12.2. The van der Waals surface area contributed by atoms with Gasteiger partial charge in [-0.15, -0.1) is 0 Å². The molecule has 0 saturated heterocycles. The molecule has 21 heavy (non-hydrogen) atoms. The minimum Gasteiger partial charge on any atom is -0.399 e. The van der Waals surface area contributed by atoms with E-state index >= 15 is 0 Å². The number of nitrogens with two attached hydrogens (primary N) is 2. The number of nitrogens with one attached hydrogen (secondary N) is 2. The maximum Gasteiger partial charge on any atom is 0.316 e. The lowest BCUT2D eigenvalue weighted by molar-refractivity contribution is 0.102. The van der Waals surface area contributed by atoms with Crippen molar-refractivity contribution in [3.8, 4) is 0 Å². The van der Waals surface area contributed by atoms with E-state index in [1.165, 1.54) is 0 Å². The summed E-state index contributed by atoms with van der Waals surface area (Å²) < 4.78 is 0.639. The molecule has 6 N–H and O–H groups in total. The largest absolute Gasteiger partial charge is 0.399 e. The van der Waals surface area contributed by atoms with Gasteiger partial charge in [-0.2, -0.15) is 0 Å². The zero-order chi connectivity index (χ0) is 15.4. The number of hydrogen-bond acceptors (Lipinski definition) is 3. The highest BCUT2D eigenvalue weighted by Crippen LogP contribution is 2.22. The molecule has 0 heterocycles. The topological polar surface area (TPSA) is 110 Å². The molecule has 0 aliphatic rings. The van der Waals surface area contributed by atoms with Gasteiger partial charge in [0.25, 0.3) is 5.91 Å². The number of rotatable bonds is 3. The molecule has 0 unspecified atom stereocenters. The average Bonchev–Trinajstić information content (AvgIpc) is 2.41. The van der Waals surface area contributed by atoms with Crippen molar-refractivity contribution >= 4 is 44.9 Å². The van der Waals surface area contributed by atoms with Crippen LogP contribution in [-0.4, -0.2) is 11.9 Å². The van der Waals surface area contributed by atoms with Crippen LogP contribution in [-0.2, 0) is 0 Å². The minimum atomic E-state index is -0.669. The first-order valence-corrected chi connectivity index (χ1v) is 6.78. The zero-order valence-corrected chi connectivity index (χ0v) is 12.5. The number of urea groups is 1. The fourth-order valence-corrected chi connectivity index (χ4v) is 2.16. The Kier molecular flexibility index (Phi) is 4.44. The molecular weight excluding hydrogens is 336 g/mol. The molecule has 0 aromatic heterocycles. The van der Waals surface area contributed by atoms with Gasteiger partial charge in [-0.25, -0.2) is 4.79 Å². The number of primary amides is 1. The molecule has 2 aromatic rings. The lowest BCUT2D eigenvalue weighted by Crippen LogP contribution is -2.19. The Hall–Kier alpha value is -2.54. The van der Waals surface area contributed by atoms with E-state index in [2.05, 4.69) is 26.6 Å². The van der Waals surface area contributed by atoms with E-state index in [1.54, 1.807) is 42.5 Å². The molecule has 0 spiro atoms. The SMILES string of the molecule is NC(=O)Nc1cccc(NC(=O)c2cc(N)ccc2Br)c1. The predicted molar refractivity (Wildman–Crippen MR) is 86.2 cm³/mol. The highest BCUT2D eigenvalue weighted by atomic mass is 79.9. The summed E-state index contributed by atoms with van der Waals surface area (Å²) >= 11 is 3.30. The van der Waals surface area contributed by atoms with Gasteiger partial charge < -0.3 is 22.1 Å². The number of carbonyl (C=O) groups is 2. The van der Waals surface area contributed by atoms with E-state index < -0.39 is 6.03 Å². The summed E-state index contributed by atoms with van der Waals surface area (Å²) in [6, 6.07) is 11.0. The van der Waals surface area contributed by atoms with Crippen molar-refractivity contribution in [1.29, 1.82) is 0 Å². The van der Waals surface area contributed by atoms with Crippen molar-refractivity contribution in [3.63, 3.8) is 0 Å². The molecule has 0 fully saturated rings. The van der Waals surface area contributed by atoms with Crippen molar-refractivity contribution in [2.24, 2.45) is 5.73 Å². The van der Waals surface area contributed by atoms with Crippen LogP contribution in [0.3, 0.4) is 0 Å². The van der Waals surface area contributed by atoms with Crippen LogP contribution in [0, 0.1) is 0 Å². The number of carbonyl (C=O) groups excluding carboxylic acids is 2. The Morgan fingerprint density at radius 3 is 2.33 bits per heavy atom. The molecule has 0 radical (unpaired) electrons. The van der Waals surface area contributed by atoms with Crippen LogP contribution in [0.2, 0.25) is 0 Å². The van der Waals surface area contributed by atoms with Gasteiger partial charge in [0.15, 0.2) is 0 Å². The molecule has 3 amide bonds. The third kappa shape index (κ3) is 3.96. The lowest BCUT2D eigenvalue weighted by Gasteiger charge is -2.09. The number of nitrogen functional groups attached to an aromatic ring is 1. The molecule has 108 valence electrons. The fourth-order valence-electron chi connectivity index (χ4n) is 1.73. The van der Waals surface area contributed by atoms with Crippen LogP contribution in [0.1, 0.15) is 10.4 Å². The lowest BCUT2D eigenvalue weighted by atomic mass is 10.2. The number of benzene rings is 2. The van der Waals surface area contributed by atoms with Crippen LogP contribution in [0.5, 0.6) is 0 Å². The molecule has 0 atom stereocenters. The zero-order valence-electron chi connectivity index (χ0n) is 10.9. The molecule has 0 saturated carbocycles. The van der Waals surface area contributed by atoms with Crippen LogP contribution >= 0.6 is 15.9 Å². The Bertz CT molecular complexity index is 703. The maximum absolute atomic E-state index is 12.2. The normalized spacial score (nSPS) is 9.95. The van der Waals surface area contributed by atoms with Gasteiger partial charge in [0, 0.05) is 21.5 Å². The summed E-state index contributed by atoms with van der Waals surface area (Å²) in [6.07, 6.45) is 0. The van der Waals surface area contributed by atoms with Gasteiger partial charge in [-0.3, -0.25) is 4.79 Å². The minimum absolute atomic E-state index is 0.314. The van der Waals surface area contributed by atoms with Crippen LogP contribution in [0.15, 0.2) is 46.9 Å². The van der Waals surface area contributed by atoms with Gasteiger partial charge in [-0.05, 0) is 52.3 Å². The fraction of sp³-hybridized carbons (Fsp3) is 0. The molecule has 7 heteroatoms. The van der Waals surface area contributed by atoms with Gasteiger partial charge in [-0.1, -0.05) is 6.07 Å². The van der Waals surface area contributed by atoms with Crippen molar-refractivity contribution in [3.05, 3.63) is 52.5 Å². The van der Waals surface area contributed by atoms with E-state index in [4.69, 9.17) is 11.5 Å². The monoisotopic (exact) mass is 348 g/mol. The van der Waals surface area contributed by atoms with Crippen molar-refractivity contribution in [2.45, 2.75) is 0 Å². The van der Waals surface area contributed by atoms with E-state index in [0.29, 0.717) is 27.1 Å². The number of halogens is 1. The van der Waals surface area contributed by atoms with E-state index in [1.807, 2.05) is 0 Å². The smallest absolute Gasteiger partial charge is 0.316 e. The standard InChI is InChI=1S/C14H13BrN4O2/c15-12-5-4-8(16)6-11(12)13(20)18-9-2-1-3-10(7-9)19-14(17)21/h1-7H,16H2,(H,18,20)(H3,17,19,21). The first-order chi connectivity index (χ1) is 9.95. The van der Waals surface area contributed by atoms with Crippen LogP contribution < -0.4 is 22.1 Å². The summed E-state index contributed by atoms with van der Waals surface area (Å²) in [7, 11) is 0. The Labute approximate surface area is 129 Å². The van der Waals surface area contributed by atoms with Gasteiger partial charge in [0.2, 0.25) is 0 Å². The second-order valence-electron chi connectivity index (χ2n) is 4.26. The molecule has 2 rings (SSSR count). The van der Waals surface area contributed by atoms with Crippen LogP contribution in [0.25, 0.3) is 0 Å². The molecule has 6 nitrogen and oxygen atoms in total. The summed E-state index contributed by atoms with van der Waals surface area (Å²) in [5, 5.41) is 5.16. The molecule has 2 aromatic carbocycles. The highest BCUT2D eigenvalue weighted by molar-refractivity contribution is 9.10. The second-order valence-corrected chi connectivity index (χ2v) is 5.12. The van der Waals surface area contributed by atoms with E-state index in [-0.39, 0.29) is 5.91 Å². The summed E-state index contributed by atoms with van der Waals surface area (Å²) in [6.45, 7) is 0. The molecule has 0 aliphatic carbocycles. The number of hydrogen-bond donors (Lipinski definition) is 4. The first kappa shape index (κ1) is 14.9. The second kappa shape index (κ2) is 6.27. The molecule has 0 aliphatic heterocycles. The summed E-state index contributed by atoms with van der Waals surface area (Å²) in [5.41, 5.74) is 12.7. The average molecular weight is 349 g/mol. The molecular formula is C14H13BrN4O2. The Morgan fingerprint density at radius 2 is 1.67 bits per heavy atom.